The van der Waals surface area contributed by atoms with Crippen LogP contribution in [-0.2, 0) is 16.0 Å². The van der Waals surface area contributed by atoms with Crippen molar-refractivity contribution in [2.45, 2.75) is 12.8 Å². The number of ketones is 1. The van der Waals surface area contributed by atoms with Gasteiger partial charge in [0, 0.05) is 42.7 Å². The number of carbonyl (C=O) groups is 3. The van der Waals surface area contributed by atoms with Gasteiger partial charge in [0.25, 0.3) is 5.91 Å². The predicted molar refractivity (Wildman–Crippen MR) is 94.8 cm³/mol. The van der Waals surface area contributed by atoms with Crippen LogP contribution in [0.15, 0.2) is 47.8 Å². The quantitative estimate of drug-likeness (QED) is 0.674. The summed E-state index contributed by atoms with van der Waals surface area (Å²) in [5.41, 5.74) is 3.18. The highest BCUT2D eigenvalue weighted by atomic mass is 16.2. The van der Waals surface area contributed by atoms with E-state index in [1.807, 2.05) is 0 Å². The third-order valence-electron chi connectivity index (χ3n) is 4.62. The molecule has 2 amide bonds. The molecule has 26 heavy (non-hydrogen) atoms. The number of aryl methyl sites for hydroxylation is 1. The molecule has 1 N–H and O–H groups in total. The molecule has 1 atom stereocenters. The second-order valence-electron chi connectivity index (χ2n) is 6.30. The van der Waals surface area contributed by atoms with Gasteiger partial charge in [0.1, 0.15) is 5.92 Å². The fourth-order valence-electron chi connectivity index (χ4n) is 3.26. The van der Waals surface area contributed by atoms with Crippen LogP contribution in [-0.4, -0.2) is 40.3 Å². The maximum Gasteiger partial charge on any atom is 0.259 e. The Morgan fingerprint density at radius 2 is 1.92 bits per heavy atom. The van der Waals surface area contributed by atoms with Crippen molar-refractivity contribution in [3.05, 3.63) is 59.4 Å². The Hall–Kier alpha value is -3.35. The third kappa shape index (κ3) is 2.67. The summed E-state index contributed by atoms with van der Waals surface area (Å²) in [4.78, 5) is 41.1. The Labute approximate surface area is 149 Å². The van der Waals surface area contributed by atoms with Gasteiger partial charge in [-0.2, -0.15) is 5.10 Å². The minimum atomic E-state index is -0.973. The van der Waals surface area contributed by atoms with Crippen molar-refractivity contribution in [3.8, 4) is 0 Å². The summed E-state index contributed by atoms with van der Waals surface area (Å²) in [5, 5.41) is 8.26. The summed E-state index contributed by atoms with van der Waals surface area (Å²) in [7, 11) is 1.54. The number of nitrogens with zero attached hydrogens (tertiary/aromatic N) is 3. The number of pyridine rings is 1. The third-order valence-corrected chi connectivity index (χ3v) is 4.62. The lowest BCUT2D eigenvalue weighted by molar-refractivity contribution is -0.129. The number of rotatable bonds is 3. The van der Waals surface area contributed by atoms with Crippen LogP contribution in [0.4, 0.5) is 5.69 Å². The molecule has 7 nitrogen and oxygen atoms in total. The van der Waals surface area contributed by atoms with Gasteiger partial charge in [-0.3, -0.25) is 19.4 Å². The van der Waals surface area contributed by atoms with Gasteiger partial charge in [-0.05, 0) is 42.3 Å². The molecule has 2 aliphatic heterocycles. The lowest BCUT2D eigenvalue weighted by Gasteiger charge is -2.18. The van der Waals surface area contributed by atoms with E-state index < -0.39 is 5.92 Å². The maximum atomic E-state index is 13.1. The number of amides is 2. The van der Waals surface area contributed by atoms with E-state index in [0.29, 0.717) is 29.7 Å². The molecule has 0 saturated heterocycles. The van der Waals surface area contributed by atoms with E-state index in [1.54, 1.807) is 49.8 Å². The molecule has 0 bridgehead atoms. The smallest absolute Gasteiger partial charge is 0.259 e. The normalized spacial score (nSPS) is 19.0. The number of nitrogens with one attached hydrogen (secondary N) is 1. The van der Waals surface area contributed by atoms with Crippen LogP contribution >= 0.6 is 0 Å². The van der Waals surface area contributed by atoms with E-state index >= 15 is 0 Å². The molecule has 3 heterocycles. The Morgan fingerprint density at radius 3 is 2.69 bits per heavy atom. The molecule has 0 radical (unpaired) electrons. The predicted octanol–water partition coefficient (Wildman–Crippen LogP) is 1.64. The molecule has 130 valence electrons. The van der Waals surface area contributed by atoms with Gasteiger partial charge >= 0.3 is 0 Å². The molecule has 2 aliphatic rings. The van der Waals surface area contributed by atoms with Gasteiger partial charge in [0.2, 0.25) is 5.91 Å². The Balaban J connectivity index is 1.70. The van der Waals surface area contributed by atoms with Crippen molar-refractivity contribution in [2.75, 3.05) is 12.4 Å². The van der Waals surface area contributed by atoms with Crippen molar-refractivity contribution >= 4 is 29.0 Å². The average molecular weight is 348 g/mol. The van der Waals surface area contributed by atoms with E-state index in [-0.39, 0.29) is 17.6 Å². The lowest BCUT2D eigenvalue weighted by Crippen LogP contribution is -2.32. The van der Waals surface area contributed by atoms with Gasteiger partial charge < -0.3 is 5.32 Å². The second-order valence-corrected chi connectivity index (χ2v) is 6.30. The summed E-state index contributed by atoms with van der Waals surface area (Å²) in [5.74, 6) is -1.66. The molecule has 4 rings (SSSR count). The Bertz CT molecular complexity index is 953. The first-order valence-corrected chi connectivity index (χ1v) is 8.28. The van der Waals surface area contributed by atoms with E-state index in [4.69, 9.17) is 0 Å². The summed E-state index contributed by atoms with van der Waals surface area (Å²) in [6, 6.07) is 8.57. The molecule has 0 spiro atoms. The van der Waals surface area contributed by atoms with Crippen molar-refractivity contribution in [3.63, 3.8) is 0 Å². The lowest BCUT2D eigenvalue weighted by atomic mass is 9.88. The molecule has 7 heteroatoms. The average Bonchev–Trinajstić information content (AvgIpc) is 2.96. The topological polar surface area (TPSA) is 91.7 Å². The number of carbonyl (C=O) groups excluding carboxylic acids is 3. The molecule has 1 unspecified atom stereocenters. The molecular formula is C19H16N4O3. The highest BCUT2D eigenvalue weighted by Gasteiger charge is 2.40. The van der Waals surface area contributed by atoms with Gasteiger partial charge in [-0.1, -0.05) is 0 Å². The number of Topliss-reactive ketones (excluding diaryl/α,β-unsaturated/α-hetero) is 1. The second kappa shape index (κ2) is 6.18. The number of hydrazone groups is 1. The highest BCUT2D eigenvalue weighted by molar-refractivity contribution is 6.31. The largest absolute Gasteiger partial charge is 0.326 e. The summed E-state index contributed by atoms with van der Waals surface area (Å²) < 4.78 is 0. The Kier molecular flexibility index (Phi) is 3.84. The van der Waals surface area contributed by atoms with Gasteiger partial charge in [-0.25, -0.2) is 5.01 Å². The summed E-state index contributed by atoms with van der Waals surface area (Å²) in [6.07, 6.45) is 4.17. The first kappa shape index (κ1) is 16.1. The zero-order valence-corrected chi connectivity index (χ0v) is 14.1. The molecule has 2 aromatic rings. The number of hydrogen-bond donors (Lipinski definition) is 1. The van der Waals surface area contributed by atoms with Crippen LogP contribution in [0.1, 0.15) is 27.9 Å². The molecule has 0 saturated carbocycles. The zero-order chi connectivity index (χ0) is 18.3. The van der Waals surface area contributed by atoms with Crippen LogP contribution in [0.5, 0.6) is 0 Å². The number of benzene rings is 1. The fraction of sp³-hybridized carbons (Fsp3) is 0.211. The van der Waals surface area contributed by atoms with Crippen LogP contribution < -0.4 is 5.32 Å². The number of anilines is 1. The standard InChI is InChI=1S/C19H16N4O3/c1-23-19(26)16(17(22-23)11-6-8-20-9-7-11)18(25)13-2-4-14-12(10-13)3-5-15(24)21-14/h2,4,6-10,16H,3,5H2,1H3,(H,21,24). The van der Waals surface area contributed by atoms with Crippen LogP contribution in [0.25, 0.3) is 0 Å². The highest BCUT2D eigenvalue weighted by Crippen LogP contribution is 2.28. The van der Waals surface area contributed by atoms with E-state index in [0.717, 1.165) is 11.3 Å². The first-order chi connectivity index (χ1) is 12.5. The zero-order valence-electron chi connectivity index (χ0n) is 14.1. The molecular weight excluding hydrogens is 332 g/mol. The Morgan fingerprint density at radius 1 is 1.15 bits per heavy atom. The van der Waals surface area contributed by atoms with Gasteiger partial charge in [0.15, 0.2) is 5.78 Å². The minimum Gasteiger partial charge on any atom is -0.326 e. The molecule has 1 aromatic carbocycles. The van der Waals surface area contributed by atoms with Crippen molar-refractivity contribution in [2.24, 2.45) is 11.0 Å². The van der Waals surface area contributed by atoms with Crippen LogP contribution in [0, 0.1) is 5.92 Å². The van der Waals surface area contributed by atoms with Crippen molar-refractivity contribution in [1.82, 2.24) is 9.99 Å². The van der Waals surface area contributed by atoms with Gasteiger partial charge in [-0.15, -0.1) is 0 Å². The SMILES string of the molecule is CN1N=C(c2ccncc2)C(C(=O)c2ccc3c(c2)CCC(=O)N3)C1=O. The maximum absolute atomic E-state index is 13.1. The van der Waals surface area contributed by atoms with Crippen LogP contribution in [0.2, 0.25) is 0 Å². The number of fused-ring (bicyclic) bond motifs is 1. The monoisotopic (exact) mass is 348 g/mol. The molecule has 0 aliphatic carbocycles. The minimum absolute atomic E-state index is 0.0312. The first-order valence-electron chi connectivity index (χ1n) is 8.28. The molecule has 1 aromatic heterocycles. The van der Waals surface area contributed by atoms with Crippen molar-refractivity contribution < 1.29 is 14.4 Å². The van der Waals surface area contributed by atoms with Crippen LogP contribution in [0.3, 0.4) is 0 Å². The summed E-state index contributed by atoms with van der Waals surface area (Å²) >= 11 is 0. The van der Waals surface area contributed by atoms with Gasteiger partial charge in [0.05, 0.1) is 5.71 Å². The number of hydrogen-bond acceptors (Lipinski definition) is 5. The van der Waals surface area contributed by atoms with E-state index in [9.17, 15) is 14.4 Å². The van der Waals surface area contributed by atoms with E-state index in [2.05, 4.69) is 15.4 Å². The van der Waals surface area contributed by atoms with E-state index in [1.165, 1.54) is 5.01 Å². The summed E-state index contributed by atoms with van der Waals surface area (Å²) in [6.45, 7) is 0. The molecule has 0 fully saturated rings. The number of aromatic nitrogens is 1. The fourth-order valence-corrected chi connectivity index (χ4v) is 3.26. The van der Waals surface area contributed by atoms with Crippen molar-refractivity contribution in [1.29, 1.82) is 0 Å².